The second-order valence-corrected chi connectivity index (χ2v) is 6.67. The van der Waals surface area contributed by atoms with Gasteiger partial charge >= 0.3 is 0 Å². The highest BCUT2D eigenvalue weighted by atomic mass is 35.5. The molecule has 0 bridgehead atoms. The van der Waals surface area contributed by atoms with Crippen molar-refractivity contribution in [3.63, 3.8) is 0 Å². The standard InChI is InChI=1S/C20H12Cl2FN3O/c21-12-6-8-17-15(10-12)19(27)26(14-4-2-1-3-5-14)20(24-17)25-18-9-7-13(23)11-16(18)22/h1-11H,(H,24,25). The molecule has 0 saturated heterocycles. The number of halogens is 3. The third-order valence-corrected chi connectivity index (χ3v) is 4.57. The summed E-state index contributed by atoms with van der Waals surface area (Å²) < 4.78 is 14.8. The van der Waals surface area contributed by atoms with E-state index in [1.165, 1.54) is 22.8 Å². The number of nitrogens with one attached hydrogen (secondary N) is 1. The van der Waals surface area contributed by atoms with E-state index in [2.05, 4.69) is 10.3 Å². The number of para-hydroxylation sites is 1. The Labute approximate surface area is 163 Å². The monoisotopic (exact) mass is 399 g/mol. The van der Waals surface area contributed by atoms with Crippen LogP contribution in [0.15, 0.2) is 71.5 Å². The molecule has 27 heavy (non-hydrogen) atoms. The van der Waals surface area contributed by atoms with E-state index in [0.717, 1.165) is 0 Å². The predicted octanol–water partition coefficient (Wildman–Crippen LogP) is 5.58. The molecule has 0 amide bonds. The Kier molecular flexibility index (Phi) is 4.56. The van der Waals surface area contributed by atoms with Gasteiger partial charge < -0.3 is 5.32 Å². The predicted molar refractivity (Wildman–Crippen MR) is 107 cm³/mol. The molecule has 134 valence electrons. The molecular formula is C20H12Cl2FN3O. The van der Waals surface area contributed by atoms with E-state index in [1.807, 2.05) is 18.2 Å². The molecule has 0 aliphatic rings. The maximum absolute atomic E-state index is 13.3. The summed E-state index contributed by atoms with van der Waals surface area (Å²) in [6.45, 7) is 0. The van der Waals surface area contributed by atoms with Crippen molar-refractivity contribution in [3.05, 3.63) is 92.9 Å². The minimum Gasteiger partial charge on any atom is -0.324 e. The van der Waals surface area contributed by atoms with Gasteiger partial charge in [0.15, 0.2) is 0 Å². The third-order valence-electron chi connectivity index (χ3n) is 4.02. The molecule has 0 unspecified atom stereocenters. The Bertz CT molecular complexity index is 1210. The second kappa shape index (κ2) is 7.02. The molecule has 0 atom stereocenters. The number of fused-ring (bicyclic) bond motifs is 1. The van der Waals surface area contributed by atoms with Crippen molar-refractivity contribution < 1.29 is 4.39 Å². The van der Waals surface area contributed by atoms with Crippen LogP contribution in [0.1, 0.15) is 0 Å². The van der Waals surface area contributed by atoms with Crippen molar-refractivity contribution in [2.45, 2.75) is 0 Å². The molecule has 0 saturated carbocycles. The van der Waals surface area contributed by atoms with Gasteiger partial charge in [-0.1, -0.05) is 41.4 Å². The lowest BCUT2D eigenvalue weighted by molar-refractivity contribution is 0.628. The van der Waals surface area contributed by atoms with Crippen molar-refractivity contribution in [3.8, 4) is 5.69 Å². The molecule has 1 aromatic heterocycles. The van der Waals surface area contributed by atoms with Crippen LogP contribution in [0.5, 0.6) is 0 Å². The van der Waals surface area contributed by atoms with Gasteiger partial charge in [-0.05, 0) is 48.5 Å². The minimum atomic E-state index is -0.452. The number of anilines is 2. The van der Waals surface area contributed by atoms with Crippen LogP contribution in [-0.2, 0) is 0 Å². The molecule has 4 nitrogen and oxygen atoms in total. The summed E-state index contributed by atoms with van der Waals surface area (Å²) in [6.07, 6.45) is 0. The van der Waals surface area contributed by atoms with Crippen LogP contribution in [0.2, 0.25) is 10.0 Å². The van der Waals surface area contributed by atoms with Gasteiger partial charge in [0.25, 0.3) is 5.56 Å². The Morgan fingerprint density at radius 1 is 0.963 bits per heavy atom. The zero-order valence-corrected chi connectivity index (χ0v) is 15.3. The summed E-state index contributed by atoms with van der Waals surface area (Å²) in [5.74, 6) is -0.193. The van der Waals surface area contributed by atoms with Crippen LogP contribution >= 0.6 is 23.2 Å². The van der Waals surface area contributed by atoms with Crippen LogP contribution in [0.3, 0.4) is 0 Å². The Morgan fingerprint density at radius 3 is 2.48 bits per heavy atom. The Balaban J connectivity index is 1.98. The SMILES string of the molecule is O=c1c2cc(Cl)ccc2nc(Nc2ccc(F)cc2Cl)n1-c1ccccc1. The first kappa shape index (κ1) is 17.5. The number of benzene rings is 3. The van der Waals surface area contributed by atoms with Crippen molar-refractivity contribution in [2.24, 2.45) is 0 Å². The summed E-state index contributed by atoms with van der Waals surface area (Å²) in [7, 11) is 0. The van der Waals surface area contributed by atoms with E-state index in [0.29, 0.717) is 27.3 Å². The van der Waals surface area contributed by atoms with Gasteiger partial charge in [-0.3, -0.25) is 4.79 Å². The maximum atomic E-state index is 13.3. The van der Waals surface area contributed by atoms with Crippen LogP contribution in [0.25, 0.3) is 16.6 Å². The molecule has 1 heterocycles. The smallest absolute Gasteiger partial charge is 0.267 e. The van der Waals surface area contributed by atoms with Crippen LogP contribution in [0.4, 0.5) is 16.0 Å². The van der Waals surface area contributed by atoms with Gasteiger partial charge in [0, 0.05) is 5.02 Å². The third kappa shape index (κ3) is 3.39. The van der Waals surface area contributed by atoms with E-state index in [4.69, 9.17) is 23.2 Å². The molecule has 4 rings (SSSR count). The molecule has 0 aliphatic heterocycles. The summed E-state index contributed by atoms with van der Waals surface area (Å²) >= 11 is 12.2. The van der Waals surface area contributed by atoms with Crippen molar-refractivity contribution >= 4 is 45.7 Å². The molecule has 0 radical (unpaired) electrons. The summed E-state index contributed by atoms with van der Waals surface area (Å²) in [6, 6.07) is 17.9. The lowest BCUT2D eigenvalue weighted by Crippen LogP contribution is -2.22. The molecule has 0 aliphatic carbocycles. The first-order chi connectivity index (χ1) is 13.0. The highest BCUT2D eigenvalue weighted by Gasteiger charge is 2.14. The van der Waals surface area contributed by atoms with Gasteiger partial charge in [-0.2, -0.15) is 0 Å². The normalized spacial score (nSPS) is 10.9. The number of hydrogen-bond acceptors (Lipinski definition) is 3. The summed E-state index contributed by atoms with van der Waals surface area (Å²) in [5.41, 5.74) is 1.26. The van der Waals surface area contributed by atoms with Gasteiger partial charge in [0.1, 0.15) is 5.82 Å². The second-order valence-electron chi connectivity index (χ2n) is 5.82. The van der Waals surface area contributed by atoms with Gasteiger partial charge in [-0.15, -0.1) is 0 Å². The van der Waals surface area contributed by atoms with E-state index in [-0.39, 0.29) is 16.5 Å². The molecule has 7 heteroatoms. The van der Waals surface area contributed by atoms with Gasteiger partial charge in [-0.25, -0.2) is 13.9 Å². The maximum Gasteiger partial charge on any atom is 0.267 e. The molecule has 0 fully saturated rings. The fourth-order valence-electron chi connectivity index (χ4n) is 2.77. The highest BCUT2D eigenvalue weighted by molar-refractivity contribution is 6.33. The van der Waals surface area contributed by atoms with Crippen molar-refractivity contribution in [2.75, 3.05) is 5.32 Å². The molecule has 3 aromatic carbocycles. The average molecular weight is 400 g/mol. The zero-order chi connectivity index (χ0) is 19.0. The number of rotatable bonds is 3. The minimum absolute atomic E-state index is 0.181. The fraction of sp³-hybridized carbons (Fsp3) is 0. The lowest BCUT2D eigenvalue weighted by Gasteiger charge is -2.16. The quantitative estimate of drug-likeness (QED) is 0.489. The van der Waals surface area contributed by atoms with Crippen molar-refractivity contribution in [1.29, 1.82) is 0 Å². The molecule has 0 spiro atoms. The van der Waals surface area contributed by atoms with Crippen LogP contribution < -0.4 is 10.9 Å². The summed E-state index contributed by atoms with van der Waals surface area (Å²) in [4.78, 5) is 17.7. The molecular weight excluding hydrogens is 388 g/mol. The largest absolute Gasteiger partial charge is 0.324 e. The fourth-order valence-corrected chi connectivity index (χ4v) is 3.16. The number of aromatic nitrogens is 2. The lowest BCUT2D eigenvalue weighted by atomic mass is 10.2. The highest BCUT2D eigenvalue weighted by Crippen LogP contribution is 2.27. The van der Waals surface area contributed by atoms with Gasteiger partial charge in [0.05, 0.1) is 27.3 Å². The molecule has 4 aromatic rings. The van der Waals surface area contributed by atoms with E-state index >= 15 is 0 Å². The van der Waals surface area contributed by atoms with Crippen LogP contribution in [0, 0.1) is 5.82 Å². The summed E-state index contributed by atoms with van der Waals surface area (Å²) in [5, 5.41) is 4.05. The topological polar surface area (TPSA) is 46.9 Å². The number of nitrogens with zero attached hydrogens (tertiary/aromatic N) is 2. The van der Waals surface area contributed by atoms with E-state index in [1.54, 1.807) is 30.3 Å². The molecule has 1 N–H and O–H groups in total. The first-order valence-electron chi connectivity index (χ1n) is 8.03. The first-order valence-corrected chi connectivity index (χ1v) is 8.78. The number of hydrogen-bond donors (Lipinski definition) is 1. The van der Waals surface area contributed by atoms with Crippen molar-refractivity contribution in [1.82, 2.24) is 9.55 Å². The Morgan fingerprint density at radius 2 is 1.74 bits per heavy atom. The Hall–Kier alpha value is -2.89. The zero-order valence-electron chi connectivity index (χ0n) is 13.8. The van der Waals surface area contributed by atoms with Crippen LogP contribution in [-0.4, -0.2) is 9.55 Å². The van der Waals surface area contributed by atoms with Gasteiger partial charge in [0.2, 0.25) is 5.95 Å². The van der Waals surface area contributed by atoms with E-state index < -0.39 is 5.82 Å². The average Bonchev–Trinajstić information content (AvgIpc) is 2.65. The van der Waals surface area contributed by atoms with E-state index in [9.17, 15) is 9.18 Å².